The van der Waals surface area contributed by atoms with Crippen LogP contribution in [0.2, 0.25) is 0 Å². The van der Waals surface area contributed by atoms with Crippen molar-refractivity contribution in [2.45, 2.75) is 17.3 Å². The van der Waals surface area contributed by atoms with Gasteiger partial charge in [-0.05, 0) is 18.1 Å². The van der Waals surface area contributed by atoms with Gasteiger partial charge in [0.15, 0.2) is 11.0 Å². The summed E-state index contributed by atoms with van der Waals surface area (Å²) in [5.41, 5.74) is 2.84. The molecule has 28 heavy (non-hydrogen) atoms. The van der Waals surface area contributed by atoms with Crippen molar-refractivity contribution in [2.75, 3.05) is 7.05 Å². The van der Waals surface area contributed by atoms with E-state index in [1.54, 1.807) is 0 Å². The molecule has 2 N–H and O–H groups in total. The molecule has 8 heteroatoms. The van der Waals surface area contributed by atoms with E-state index in [0.29, 0.717) is 5.16 Å². The number of aryl methyl sites for hydroxylation is 1. The number of imide groups is 1. The summed E-state index contributed by atoms with van der Waals surface area (Å²) in [5, 5.41) is 13.3. The molecule has 0 bridgehead atoms. The Hall–Kier alpha value is -3.13. The van der Waals surface area contributed by atoms with Gasteiger partial charge in [0.25, 0.3) is 0 Å². The number of nitrogens with zero attached hydrogens (tertiary/aromatic N) is 3. The van der Waals surface area contributed by atoms with Crippen molar-refractivity contribution in [2.24, 2.45) is 7.05 Å². The summed E-state index contributed by atoms with van der Waals surface area (Å²) in [6.07, 6.45) is 0. The predicted molar refractivity (Wildman–Crippen MR) is 109 cm³/mol. The molecule has 0 saturated heterocycles. The van der Waals surface area contributed by atoms with Gasteiger partial charge in [0, 0.05) is 19.7 Å². The van der Waals surface area contributed by atoms with Crippen LogP contribution in [0.3, 0.4) is 0 Å². The maximum Gasteiger partial charge on any atom is 0.321 e. The van der Waals surface area contributed by atoms with Gasteiger partial charge in [-0.1, -0.05) is 66.4 Å². The summed E-state index contributed by atoms with van der Waals surface area (Å²) in [5.74, 6) is 0.301. The molecule has 2 aromatic carbocycles. The van der Waals surface area contributed by atoms with E-state index in [9.17, 15) is 9.59 Å². The molecular weight excluding hydrogens is 374 g/mol. The Labute approximate surface area is 167 Å². The lowest BCUT2D eigenvalue weighted by Gasteiger charge is -2.16. The van der Waals surface area contributed by atoms with Crippen LogP contribution in [0.25, 0.3) is 11.4 Å². The number of carbonyl (C=O) groups is 2. The van der Waals surface area contributed by atoms with E-state index in [1.807, 2.05) is 73.1 Å². The van der Waals surface area contributed by atoms with Gasteiger partial charge < -0.3 is 9.88 Å². The van der Waals surface area contributed by atoms with E-state index in [0.717, 1.165) is 22.5 Å². The molecular formula is C20H21N5O2S. The first-order valence-corrected chi connectivity index (χ1v) is 9.58. The van der Waals surface area contributed by atoms with Crippen LogP contribution >= 0.6 is 11.8 Å². The fourth-order valence-electron chi connectivity index (χ4n) is 2.72. The number of hydrogen-bond donors (Lipinski definition) is 2. The monoisotopic (exact) mass is 395 g/mol. The molecule has 0 unspecified atom stereocenters. The molecule has 7 nitrogen and oxygen atoms in total. The van der Waals surface area contributed by atoms with Gasteiger partial charge >= 0.3 is 6.03 Å². The summed E-state index contributed by atoms with van der Waals surface area (Å²) in [6, 6.07) is 16.6. The highest BCUT2D eigenvalue weighted by Crippen LogP contribution is 2.35. The Bertz CT molecular complexity index is 987. The molecule has 0 saturated carbocycles. The highest BCUT2D eigenvalue weighted by Gasteiger charge is 2.26. The maximum atomic E-state index is 12.7. The SMILES string of the molecule is CNC(=O)NC(=O)[C@@H](Sc1nnc(-c2ccccc2C)n1C)c1ccccc1. The zero-order chi connectivity index (χ0) is 20.1. The van der Waals surface area contributed by atoms with Crippen molar-refractivity contribution in [3.05, 3.63) is 65.7 Å². The molecule has 3 rings (SSSR count). The molecule has 144 valence electrons. The zero-order valence-corrected chi connectivity index (χ0v) is 16.7. The van der Waals surface area contributed by atoms with Gasteiger partial charge in [0.2, 0.25) is 5.91 Å². The van der Waals surface area contributed by atoms with Gasteiger partial charge in [0.1, 0.15) is 5.25 Å². The van der Waals surface area contributed by atoms with Crippen LogP contribution < -0.4 is 10.6 Å². The minimum atomic E-state index is -0.647. The van der Waals surface area contributed by atoms with Crippen molar-refractivity contribution in [3.63, 3.8) is 0 Å². The third kappa shape index (κ3) is 4.23. The molecule has 0 spiro atoms. The smallest absolute Gasteiger partial charge is 0.321 e. The normalized spacial score (nSPS) is 11.7. The van der Waals surface area contributed by atoms with Crippen molar-refractivity contribution in [1.29, 1.82) is 0 Å². The van der Waals surface area contributed by atoms with E-state index < -0.39 is 17.2 Å². The van der Waals surface area contributed by atoms with Gasteiger partial charge in [-0.15, -0.1) is 10.2 Å². The van der Waals surface area contributed by atoms with Crippen molar-refractivity contribution in [1.82, 2.24) is 25.4 Å². The average molecular weight is 395 g/mol. The summed E-state index contributed by atoms with van der Waals surface area (Å²) in [7, 11) is 3.33. The third-order valence-electron chi connectivity index (χ3n) is 4.25. The molecule has 0 aliphatic rings. The summed E-state index contributed by atoms with van der Waals surface area (Å²) < 4.78 is 1.86. The number of urea groups is 1. The highest BCUT2D eigenvalue weighted by molar-refractivity contribution is 8.00. The van der Waals surface area contributed by atoms with Crippen molar-refractivity contribution >= 4 is 23.7 Å². The Morgan fingerprint density at radius 3 is 2.39 bits per heavy atom. The minimum absolute atomic E-state index is 0.420. The molecule has 1 atom stereocenters. The lowest BCUT2D eigenvalue weighted by atomic mass is 10.1. The number of aromatic nitrogens is 3. The second-order valence-electron chi connectivity index (χ2n) is 6.16. The van der Waals surface area contributed by atoms with E-state index in [2.05, 4.69) is 20.8 Å². The number of rotatable bonds is 5. The topological polar surface area (TPSA) is 88.9 Å². The van der Waals surface area contributed by atoms with E-state index >= 15 is 0 Å². The second kappa shape index (κ2) is 8.71. The van der Waals surface area contributed by atoms with Crippen LogP contribution in [0.1, 0.15) is 16.4 Å². The van der Waals surface area contributed by atoms with Crippen molar-refractivity contribution in [3.8, 4) is 11.4 Å². The second-order valence-corrected chi connectivity index (χ2v) is 7.23. The van der Waals surface area contributed by atoms with Crippen LogP contribution in [0.5, 0.6) is 0 Å². The quantitative estimate of drug-likeness (QED) is 0.648. The van der Waals surface area contributed by atoms with E-state index in [4.69, 9.17) is 0 Å². The highest BCUT2D eigenvalue weighted by atomic mass is 32.2. The van der Waals surface area contributed by atoms with Crippen LogP contribution in [0.15, 0.2) is 59.8 Å². The first-order chi connectivity index (χ1) is 13.5. The molecule has 0 aliphatic heterocycles. The number of thioether (sulfide) groups is 1. The molecule has 3 amide bonds. The Morgan fingerprint density at radius 1 is 1.04 bits per heavy atom. The predicted octanol–water partition coefficient (Wildman–Crippen LogP) is 3.08. The number of amides is 3. The summed E-state index contributed by atoms with van der Waals surface area (Å²) in [4.78, 5) is 24.3. The van der Waals surface area contributed by atoms with Gasteiger partial charge in [0.05, 0.1) is 0 Å². The van der Waals surface area contributed by atoms with E-state index in [-0.39, 0.29) is 0 Å². The average Bonchev–Trinajstić information content (AvgIpc) is 3.07. The van der Waals surface area contributed by atoms with Crippen molar-refractivity contribution < 1.29 is 9.59 Å². The zero-order valence-electron chi connectivity index (χ0n) is 15.8. The first kappa shape index (κ1) is 19.6. The van der Waals surface area contributed by atoms with Crippen LogP contribution in [0.4, 0.5) is 4.79 Å². The summed E-state index contributed by atoms with van der Waals surface area (Å²) >= 11 is 1.25. The van der Waals surface area contributed by atoms with Gasteiger partial charge in [-0.25, -0.2) is 4.79 Å². The molecule has 0 fully saturated rings. The maximum absolute atomic E-state index is 12.7. The fourth-order valence-corrected chi connectivity index (χ4v) is 3.72. The lowest BCUT2D eigenvalue weighted by Crippen LogP contribution is -2.39. The molecule has 3 aromatic rings. The van der Waals surface area contributed by atoms with Crippen LogP contribution in [-0.4, -0.2) is 33.8 Å². The number of nitrogens with one attached hydrogen (secondary N) is 2. The largest absolute Gasteiger partial charge is 0.341 e. The van der Waals surface area contributed by atoms with Crippen LogP contribution in [-0.2, 0) is 11.8 Å². The van der Waals surface area contributed by atoms with Gasteiger partial charge in [-0.2, -0.15) is 0 Å². The number of benzene rings is 2. The Balaban J connectivity index is 1.92. The van der Waals surface area contributed by atoms with E-state index in [1.165, 1.54) is 18.8 Å². The third-order valence-corrected chi connectivity index (χ3v) is 5.54. The summed E-state index contributed by atoms with van der Waals surface area (Å²) in [6.45, 7) is 2.01. The molecule has 1 aromatic heterocycles. The first-order valence-electron chi connectivity index (χ1n) is 8.71. The Kier molecular flexibility index (Phi) is 6.10. The van der Waals surface area contributed by atoms with Gasteiger partial charge in [-0.3, -0.25) is 10.1 Å². The number of hydrogen-bond acceptors (Lipinski definition) is 5. The standard InChI is InChI=1S/C20H21N5O2S/c1-13-9-7-8-12-15(13)17-23-24-20(25(17)3)28-16(14-10-5-4-6-11-14)18(26)22-19(27)21-2/h4-12,16H,1-3H3,(H2,21,22,26,27)/t16-/m0/s1. The Morgan fingerprint density at radius 2 is 1.71 bits per heavy atom. The minimum Gasteiger partial charge on any atom is -0.341 e. The molecule has 0 radical (unpaired) electrons. The molecule has 0 aliphatic carbocycles. The fraction of sp³-hybridized carbons (Fsp3) is 0.200. The molecule has 1 heterocycles. The number of carbonyl (C=O) groups excluding carboxylic acids is 2. The van der Waals surface area contributed by atoms with Crippen LogP contribution in [0, 0.1) is 6.92 Å². The lowest BCUT2D eigenvalue weighted by molar-refractivity contribution is -0.119.